The molecule has 1 aliphatic carbocycles. The Labute approximate surface area is 160 Å². The van der Waals surface area contributed by atoms with Crippen molar-refractivity contribution in [1.29, 1.82) is 0 Å². The predicted octanol–water partition coefficient (Wildman–Crippen LogP) is 2.76. The van der Waals surface area contributed by atoms with Gasteiger partial charge in [-0.3, -0.25) is 20.4 Å². The number of carbonyl (C=O) groups excluding carboxylic acids is 2. The largest absolute Gasteiger partial charge is 0.484 e. The molecule has 1 aromatic rings. The molecule has 0 saturated heterocycles. The monoisotopic (exact) mass is 377 g/mol. The number of carbonyl (C=O) groups is 2. The molecule has 7 heteroatoms. The molecule has 3 N–H and O–H groups in total. The summed E-state index contributed by atoms with van der Waals surface area (Å²) in [6, 6.07) is 7.41. The molecule has 0 heterocycles. The van der Waals surface area contributed by atoms with Crippen LogP contribution in [0, 0.1) is 12.8 Å². The molecular weight excluding hydrogens is 350 g/mol. The molecule has 0 radical (unpaired) electrons. The second kappa shape index (κ2) is 10.8. The Morgan fingerprint density at radius 2 is 1.77 bits per heavy atom. The third kappa shape index (κ3) is 7.82. The van der Waals surface area contributed by atoms with E-state index in [0.29, 0.717) is 18.1 Å². The van der Waals surface area contributed by atoms with Gasteiger partial charge >= 0.3 is 0 Å². The number of rotatable bonds is 6. The maximum atomic E-state index is 11.9. The number of hydrazine groups is 1. The Balaban J connectivity index is 1.57. The van der Waals surface area contributed by atoms with E-state index in [1.807, 2.05) is 19.1 Å². The maximum absolute atomic E-state index is 11.9. The third-order valence-electron chi connectivity index (χ3n) is 4.46. The van der Waals surface area contributed by atoms with Crippen molar-refractivity contribution < 1.29 is 14.3 Å². The van der Waals surface area contributed by atoms with E-state index in [9.17, 15) is 9.59 Å². The van der Waals surface area contributed by atoms with E-state index in [-0.39, 0.29) is 23.5 Å². The molecule has 1 aliphatic rings. The first-order valence-electron chi connectivity index (χ1n) is 9.11. The van der Waals surface area contributed by atoms with Gasteiger partial charge in [-0.2, -0.15) is 0 Å². The lowest BCUT2D eigenvalue weighted by Gasteiger charge is -2.21. The van der Waals surface area contributed by atoms with Gasteiger partial charge in [-0.05, 0) is 43.6 Å². The molecule has 1 saturated carbocycles. The average molecular weight is 378 g/mol. The highest BCUT2D eigenvalue weighted by Crippen LogP contribution is 2.27. The van der Waals surface area contributed by atoms with Crippen molar-refractivity contribution in [3.8, 4) is 5.75 Å². The van der Waals surface area contributed by atoms with Crippen LogP contribution in [0.3, 0.4) is 0 Å². The van der Waals surface area contributed by atoms with Crippen molar-refractivity contribution in [3.05, 3.63) is 29.8 Å². The standard InChI is InChI=1S/C19H27N3O3S/c1-14-7-10-16(11-8-14)25-13-18(24)21-22-19(26)20-17(23)12-9-15-5-3-2-4-6-15/h7-8,10-11,15H,2-6,9,12-13H2,1H3,(H,21,24)(H2,20,22,23,26). The topological polar surface area (TPSA) is 79.5 Å². The molecule has 0 bridgehead atoms. The van der Waals surface area contributed by atoms with E-state index >= 15 is 0 Å². The van der Waals surface area contributed by atoms with Crippen molar-refractivity contribution in [2.24, 2.45) is 5.92 Å². The molecule has 0 spiro atoms. The number of ether oxygens (including phenoxy) is 1. The molecule has 0 aromatic heterocycles. The molecule has 2 amide bonds. The average Bonchev–Trinajstić information content (AvgIpc) is 2.65. The van der Waals surface area contributed by atoms with E-state index < -0.39 is 0 Å². The fourth-order valence-corrected chi connectivity index (χ4v) is 3.14. The molecule has 0 atom stereocenters. The van der Waals surface area contributed by atoms with Crippen LogP contribution in [0.1, 0.15) is 50.5 Å². The van der Waals surface area contributed by atoms with Crippen molar-refractivity contribution in [1.82, 2.24) is 16.2 Å². The minimum Gasteiger partial charge on any atom is -0.484 e. The first-order chi connectivity index (χ1) is 12.5. The number of thiocarbonyl (C=S) groups is 1. The number of hydrogen-bond acceptors (Lipinski definition) is 4. The summed E-state index contributed by atoms with van der Waals surface area (Å²) in [5, 5.41) is 2.67. The molecule has 6 nitrogen and oxygen atoms in total. The van der Waals surface area contributed by atoms with E-state index in [2.05, 4.69) is 16.2 Å². The van der Waals surface area contributed by atoms with E-state index in [1.54, 1.807) is 12.1 Å². The Bertz CT molecular complexity index is 613. The van der Waals surface area contributed by atoms with Crippen LogP contribution >= 0.6 is 12.2 Å². The molecule has 142 valence electrons. The molecular formula is C19H27N3O3S. The van der Waals surface area contributed by atoms with Crippen LogP contribution in [0.4, 0.5) is 0 Å². The highest BCUT2D eigenvalue weighted by Gasteiger charge is 2.15. The van der Waals surface area contributed by atoms with Crippen molar-refractivity contribution >= 4 is 29.1 Å². The SMILES string of the molecule is Cc1ccc(OCC(=O)NNC(=S)NC(=O)CCC2CCCCC2)cc1. The fourth-order valence-electron chi connectivity index (χ4n) is 2.98. The van der Waals surface area contributed by atoms with Gasteiger partial charge in [0.1, 0.15) is 5.75 Å². The van der Waals surface area contributed by atoms with Gasteiger partial charge < -0.3 is 10.1 Å². The van der Waals surface area contributed by atoms with Crippen LogP contribution in [0.15, 0.2) is 24.3 Å². The molecule has 0 aliphatic heterocycles. The van der Waals surface area contributed by atoms with Gasteiger partial charge in [0, 0.05) is 6.42 Å². The summed E-state index contributed by atoms with van der Waals surface area (Å²) in [6.45, 7) is 1.83. The quantitative estimate of drug-likeness (QED) is 0.525. The van der Waals surface area contributed by atoms with Gasteiger partial charge in [-0.25, -0.2) is 0 Å². The summed E-state index contributed by atoms with van der Waals surface area (Å²) in [5.74, 6) is 0.751. The molecule has 26 heavy (non-hydrogen) atoms. The summed E-state index contributed by atoms with van der Waals surface area (Å²) in [7, 11) is 0. The number of benzene rings is 1. The highest BCUT2D eigenvalue weighted by molar-refractivity contribution is 7.80. The normalized spacial score (nSPS) is 14.3. The zero-order valence-corrected chi connectivity index (χ0v) is 16.0. The number of aryl methyl sites for hydroxylation is 1. The van der Waals surface area contributed by atoms with Crippen LogP contribution in [0.2, 0.25) is 0 Å². The Morgan fingerprint density at radius 3 is 2.46 bits per heavy atom. The lowest BCUT2D eigenvalue weighted by Crippen LogP contribution is -2.49. The Hall–Kier alpha value is -2.15. The third-order valence-corrected chi connectivity index (χ3v) is 4.67. The van der Waals surface area contributed by atoms with E-state index in [1.165, 1.54) is 32.1 Å². The zero-order chi connectivity index (χ0) is 18.8. The molecule has 2 rings (SSSR count). The zero-order valence-electron chi connectivity index (χ0n) is 15.2. The summed E-state index contributed by atoms with van der Waals surface area (Å²) in [6.07, 6.45) is 7.62. The number of amides is 2. The number of hydrogen-bond donors (Lipinski definition) is 3. The van der Waals surface area contributed by atoms with E-state index in [0.717, 1.165) is 12.0 Å². The fraction of sp³-hybridized carbons (Fsp3) is 0.526. The van der Waals surface area contributed by atoms with Gasteiger partial charge in [0.2, 0.25) is 5.91 Å². The van der Waals surface area contributed by atoms with Crippen LogP contribution < -0.4 is 20.9 Å². The van der Waals surface area contributed by atoms with Crippen LogP contribution in [-0.4, -0.2) is 23.5 Å². The minimum absolute atomic E-state index is 0.0855. The summed E-state index contributed by atoms with van der Waals surface area (Å²) < 4.78 is 5.36. The van der Waals surface area contributed by atoms with E-state index in [4.69, 9.17) is 17.0 Å². The highest BCUT2D eigenvalue weighted by atomic mass is 32.1. The predicted molar refractivity (Wildman–Crippen MR) is 105 cm³/mol. The lowest BCUT2D eigenvalue weighted by atomic mass is 9.86. The van der Waals surface area contributed by atoms with Crippen LogP contribution in [-0.2, 0) is 9.59 Å². The summed E-state index contributed by atoms with van der Waals surface area (Å²) in [5.41, 5.74) is 6.04. The van der Waals surface area contributed by atoms with Crippen molar-refractivity contribution in [3.63, 3.8) is 0 Å². The van der Waals surface area contributed by atoms with Crippen LogP contribution in [0.5, 0.6) is 5.75 Å². The first-order valence-corrected chi connectivity index (χ1v) is 9.52. The Kier molecular flexibility index (Phi) is 8.34. The van der Waals surface area contributed by atoms with Crippen LogP contribution in [0.25, 0.3) is 0 Å². The smallest absolute Gasteiger partial charge is 0.276 e. The maximum Gasteiger partial charge on any atom is 0.276 e. The van der Waals surface area contributed by atoms with Gasteiger partial charge in [0.05, 0.1) is 0 Å². The second-order valence-corrected chi connectivity index (χ2v) is 7.10. The summed E-state index contributed by atoms with van der Waals surface area (Å²) >= 11 is 5.01. The van der Waals surface area contributed by atoms with Gasteiger partial charge in [-0.15, -0.1) is 0 Å². The van der Waals surface area contributed by atoms with Gasteiger partial charge in [0.15, 0.2) is 11.7 Å². The Morgan fingerprint density at radius 1 is 1.08 bits per heavy atom. The van der Waals surface area contributed by atoms with Gasteiger partial charge in [-0.1, -0.05) is 49.8 Å². The number of nitrogens with one attached hydrogen (secondary N) is 3. The summed E-state index contributed by atoms with van der Waals surface area (Å²) in [4.78, 5) is 23.6. The van der Waals surface area contributed by atoms with Gasteiger partial charge in [0.25, 0.3) is 5.91 Å². The molecule has 0 unspecified atom stereocenters. The first kappa shape index (κ1) is 20.2. The van der Waals surface area contributed by atoms with Crippen molar-refractivity contribution in [2.45, 2.75) is 51.9 Å². The second-order valence-electron chi connectivity index (χ2n) is 6.69. The molecule has 1 aromatic carbocycles. The minimum atomic E-state index is -0.385. The molecule has 1 fully saturated rings. The lowest BCUT2D eigenvalue weighted by molar-refractivity contribution is -0.124. The van der Waals surface area contributed by atoms with Crippen molar-refractivity contribution in [2.75, 3.05) is 6.61 Å².